The highest BCUT2D eigenvalue weighted by atomic mass is 16.2. The van der Waals surface area contributed by atoms with Crippen molar-refractivity contribution in [1.29, 1.82) is 0 Å². The minimum Gasteiger partial charge on any atom is -0.324 e. The first-order chi connectivity index (χ1) is 13.5. The molecule has 4 nitrogen and oxygen atoms in total. The first-order valence-electron chi connectivity index (χ1n) is 9.36. The molecule has 0 unspecified atom stereocenters. The van der Waals surface area contributed by atoms with E-state index in [0.29, 0.717) is 12.1 Å². The van der Waals surface area contributed by atoms with Crippen molar-refractivity contribution in [2.75, 3.05) is 5.32 Å². The van der Waals surface area contributed by atoms with Crippen LogP contribution in [0, 0.1) is 13.8 Å². The summed E-state index contributed by atoms with van der Waals surface area (Å²) in [5.74, 6) is -0.318. The Balaban J connectivity index is 1.70. The predicted molar refractivity (Wildman–Crippen MR) is 110 cm³/mol. The Morgan fingerprint density at radius 2 is 1.68 bits per heavy atom. The number of rotatable bonds is 4. The summed E-state index contributed by atoms with van der Waals surface area (Å²) in [5, 5.41) is 3.04. The number of fused-ring (bicyclic) bond motifs is 1. The van der Waals surface area contributed by atoms with E-state index in [2.05, 4.69) is 5.32 Å². The summed E-state index contributed by atoms with van der Waals surface area (Å²) in [6, 6.07) is 22.3. The summed E-state index contributed by atoms with van der Waals surface area (Å²) in [6.07, 6.45) is 0. The van der Waals surface area contributed by atoms with Crippen molar-refractivity contribution in [2.24, 2.45) is 0 Å². The third kappa shape index (κ3) is 3.29. The van der Waals surface area contributed by atoms with Crippen molar-refractivity contribution in [3.8, 4) is 0 Å². The van der Waals surface area contributed by atoms with Crippen LogP contribution in [0.3, 0.4) is 0 Å². The second-order valence-electron chi connectivity index (χ2n) is 7.21. The molecule has 1 aliphatic heterocycles. The van der Waals surface area contributed by atoms with Gasteiger partial charge in [0.15, 0.2) is 0 Å². The maximum absolute atomic E-state index is 13.4. The number of carbonyl (C=O) groups is 2. The topological polar surface area (TPSA) is 49.4 Å². The number of hydrogen-bond donors (Lipinski definition) is 1. The molecule has 1 N–H and O–H groups in total. The molecule has 28 heavy (non-hydrogen) atoms. The molecule has 0 fully saturated rings. The van der Waals surface area contributed by atoms with Gasteiger partial charge in [0, 0.05) is 17.8 Å². The van der Waals surface area contributed by atoms with Gasteiger partial charge < -0.3 is 10.2 Å². The number of benzene rings is 3. The molecular formula is C24H22N2O2. The first kappa shape index (κ1) is 18.0. The van der Waals surface area contributed by atoms with Gasteiger partial charge in [-0.15, -0.1) is 0 Å². The number of aryl methyl sites for hydroxylation is 2. The standard InChI is InChI=1S/C24H22N2O2/c1-16-12-13-17(2)21(14-16)25-23(27)22(18-8-4-3-5-9-18)26-15-19-10-6-7-11-20(19)24(26)28/h3-14,22H,15H2,1-2H3,(H,25,27)/t22-/m0/s1. The molecule has 0 saturated carbocycles. The minimum atomic E-state index is -0.694. The monoisotopic (exact) mass is 370 g/mol. The fourth-order valence-corrected chi connectivity index (χ4v) is 3.67. The van der Waals surface area contributed by atoms with Gasteiger partial charge in [-0.1, -0.05) is 60.7 Å². The lowest BCUT2D eigenvalue weighted by atomic mass is 10.0. The third-order valence-corrected chi connectivity index (χ3v) is 5.18. The van der Waals surface area contributed by atoms with E-state index in [4.69, 9.17) is 0 Å². The predicted octanol–water partition coefficient (Wildman–Crippen LogP) is 4.64. The van der Waals surface area contributed by atoms with Crippen LogP contribution in [0.25, 0.3) is 0 Å². The van der Waals surface area contributed by atoms with Crippen LogP contribution in [0.5, 0.6) is 0 Å². The second-order valence-corrected chi connectivity index (χ2v) is 7.21. The van der Waals surface area contributed by atoms with Crippen molar-refractivity contribution >= 4 is 17.5 Å². The van der Waals surface area contributed by atoms with E-state index in [1.165, 1.54) is 0 Å². The minimum absolute atomic E-state index is 0.111. The molecule has 0 spiro atoms. The van der Waals surface area contributed by atoms with Gasteiger partial charge in [-0.2, -0.15) is 0 Å². The highest BCUT2D eigenvalue weighted by molar-refractivity contribution is 6.04. The molecule has 4 heteroatoms. The van der Waals surface area contributed by atoms with Gasteiger partial charge in [-0.3, -0.25) is 9.59 Å². The Hall–Kier alpha value is -3.40. The van der Waals surface area contributed by atoms with Crippen LogP contribution in [0.2, 0.25) is 0 Å². The normalized spacial score (nSPS) is 13.9. The van der Waals surface area contributed by atoms with E-state index in [1.807, 2.05) is 86.6 Å². The highest BCUT2D eigenvalue weighted by Gasteiger charge is 2.37. The van der Waals surface area contributed by atoms with Gasteiger partial charge in [0.25, 0.3) is 11.8 Å². The molecule has 3 aromatic rings. The summed E-state index contributed by atoms with van der Waals surface area (Å²) in [6.45, 7) is 4.38. The maximum atomic E-state index is 13.4. The average molecular weight is 370 g/mol. The maximum Gasteiger partial charge on any atom is 0.255 e. The molecule has 1 heterocycles. The van der Waals surface area contributed by atoms with E-state index < -0.39 is 6.04 Å². The van der Waals surface area contributed by atoms with Crippen LogP contribution in [-0.4, -0.2) is 16.7 Å². The molecule has 3 aromatic carbocycles. The van der Waals surface area contributed by atoms with Crippen molar-refractivity contribution in [3.05, 3.63) is 101 Å². The third-order valence-electron chi connectivity index (χ3n) is 5.18. The first-order valence-corrected chi connectivity index (χ1v) is 9.36. The van der Waals surface area contributed by atoms with E-state index in [0.717, 1.165) is 27.9 Å². The van der Waals surface area contributed by atoms with Crippen molar-refractivity contribution in [2.45, 2.75) is 26.4 Å². The van der Waals surface area contributed by atoms with Crippen LogP contribution in [-0.2, 0) is 11.3 Å². The van der Waals surface area contributed by atoms with Gasteiger partial charge in [-0.05, 0) is 48.2 Å². The summed E-state index contributed by atoms with van der Waals surface area (Å²) in [5.41, 5.74) is 5.25. The SMILES string of the molecule is Cc1ccc(C)c(NC(=O)[C@H](c2ccccc2)N2Cc3ccccc3C2=O)c1. The Labute approximate surface area is 164 Å². The lowest BCUT2D eigenvalue weighted by molar-refractivity contribution is -0.120. The summed E-state index contributed by atoms with van der Waals surface area (Å²) in [4.78, 5) is 28.0. The number of carbonyl (C=O) groups excluding carboxylic acids is 2. The van der Waals surface area contributed by atoms with Crippen molar-refractivity contribution in [3.63, 3.8) is 0 Å². The molecule has 0 bridgehead atoms. The van der Waals surface area contributed by atoms with Crippen LogP contribution in [0.4, 0.5) is 5.69 Å². The van der Waals surface area contributed by atoms with Gasteiger partial charge >= 0.3 is 0 Å². The lowest BCUT2D eigenvalue weighted by Crippen LogP contribution is -2.37. The summed E-state index contributed by atoms with van der Waals surface area (Å²) in [7, 11) is 0. The van der Waals surface area contributed by atoms with Gasteiger partial charge in [-0.25, -0.2) is 0 Å². The lowest BCUT2D eigenvalue weighted by Gasteiger charge is -2.27. The van der Waals surface area contributed by atoms with Crippen molar-refractivity contribution < 1.29 is 9.59 Å². The Morgan fingerprint density at radius 3 is 2.43 bits per heavy atom. The number of hydrogen-bond acceptors (Lipinski definition) is 2. The van der Waals surface area contributed by atoms with Crippen molar-refractivity contribution in [1.82, 2.24) is 4.90 Å². The molecular weight excluding hydrogens is 348 g/mol. The average Bonchev–Trinajstić information content (AvgIpc) is 3.02. The Kier molecular flexibility index (Phi) is 4.70. The molecule has 0 saturated heterocycles. The van der Waals surface area contributed by atoms with Gasteiger partial charge in [0.2, 0.25) is 0 Å². The molecule has 0 aromatic heterocycles. The zero-order valence-corrected chi connectivity index (χ0v) is 16.0. The largest absolute Gasteiger partial charge is 0.324 e. The van der Waals surface area contributed by atoms with Crippen LogP contribution in [0.1, 0.15) is 38.7 Å². The van der Waals surface area contributed by atoms with E-state index in [-0.39, 0.29) is 11.8 Å². The molecule has 0 aliphatic carbocycles. The highest BCUT2D eigenvalue weighted by Crippen LogP contribution is 2.32. The van der Waals surface area contributed by atoms with Crippen LogP contribution >= 0.6 is 0 Å². The number of nitrogens with zero attached hydrogens (tertiary/aromatic N) is 1. The van der Waals surface area contributed by atoms with E-state index >= 15 is 0 Å². The molecule has 0 radical (unpaired) electrons. The van der Waals surface area contributed by atoms with Gasteiger partial charge in [0.1, 0.15) is 6.04 Å². The Bertz CT molecular complexity index is 1040. The summed E-state index contributed by atoms with van der Waals surface area (Å²) >= 11 is 0. The zero-order chi connectivity index (χ0) is 19.7. The molecule has 2 amide bonds. The fraction of sp³-hybridized carbons (Fsp3) is 0.167. The second kappa shape index (κ2) is 7.31. The molecule has 1 aliphatic rings. The number of nitrogens with one attached hydrogen (secondary N) is 1. The molecule has 4 rings (SSSR count). The zero-order valence-electron chi connectivity index (χ0n) is 16.0. The van der Waals surface area contributed by atoms with Gasteiger partial charge in [0.05, 0.1) is 0 Å². The molecule has 140 valence electrons. The van der Waals surface area contributed by atoms with Crippen LogP contribution in [0.15, 0.2) is 72.8 Å². The van der Waals surface area contributed by atoms with Crippen LogP contribution < -0.4 is 5.32 Å². The quantitative estimate of drug-likeness (QED) is 0.727. The van der Waals surface area contributed by atoms with E-state index in [1.54, 1.807) is 4.90 Å². The smallest absolute Gasteiger partial charge is 0.255 e. The number of amides is 2. The Morgan fingerprint density at radius 1 is 0.964 bits per heavy atom. The summed E-state index contributed by atoms with van der Waals surface area (Å²) < 4.78 is 0. The van der Waals surface area contributed by atoms with E-state index in [9.17, 15) is 9.59 Å². The molecule has 1 atom stereocenters. The fourth-order valence-electron chi connectivity index (χ4n) is 3.67. The number of anilines is 1.